The minimum atomic E-state index is -0.0905. The van der Waals surface area contributed by atoms with E-state index >= 15 is 0 Å². The van der Waals surface area contributed by atoms with Crippen LogP contribution in [0.3, 0.4) is 0 Å². The van der Waals surface area contributed by atoms with Gasteiger partial charge in [0.2, 0.25) is 0 Å². The van der Waals surface area contributed by atoms with E-state index in [2.05, 4.69) is 36.2 Å². The van der Waals surface area contributed by atoms with Gasteiger partial charge in [0.15, 0.2) is 0 Å². The van der Waals surface area contributed by atoms with Crippen LogP contribution in [0.2, 0.25) is 5.02 Å². The summed E-state index contributed by atoms with van der Waals surface area (Å²) in [6, 6.07) is 13.8. The van der Waals surface area contributed by atoms with Crippen LogP contribution in [0.15, 0.2) is 48.7 Å². The van der Waals surface area contributed by atoms with Gasteiger partial charge in [0, 0.05) is 42.8 Å². The van der Waals surface area contributed by atoms with Gasteiger partial charge in [-0.05, 0) is 61.6 Å². The maximum atomic E-state index is 13.2. The number of hydrogen-bond acceptors (Lipinski definition) is 4. The molecule has 7 heteroatoms. The Hall–Kier alpha value is -2.41. The highest BCUT2D eigenvalue weighted by atomic mass is 35.5. The topological polar surface area (TPSA) is 75.7 Å². The van der Waals surface area contributed by atoms with E-state index < -0.39 is 0 Å². The average molecular weight is 468 g/mol. The van der Waals surface area contributed by atoms with E-state index in [0.717, 1.165) is 55.3 Å². The molecule has 1 unspecified atom stereocenters. The third kappa shape index (κ3) is 6.14. The van der Waals surface area contributed by atoms with Crippen molar-refractivity contribution in [2.45, 2.75) is 51.6 Å². The Labute approximate surface area is 201 Å². The summed E-state index contributed by atoms with van der Waals surface area (Å²) in [5.41, 5.74) is 9.67. The van der Waals surface area contributed by atoms with E-state index in [1.54, 1.807) is 0 Å². The predicted octanol–water partition coefficient (Wildman–Crippen LogP) is 4.47. The number of likely N-dealkylation sites (tertiary alicyclic amines) is 1. The molecule has 33 heavy (non-hydrogen) atoms. The second-order valence-electron chi connectivity index (χ2n) is 9.60. The summed E-state index contributed by atoms with van der Waals surface area (Å²) >= 11 is 6.07. The number of amides is 1. The molecule has 0 radical (unpaired) electrons. The molecule has 2 atom stereocenters. The Balaban J connectivity index is 1.47. The molecule has 2 aromatic heterocycles. The first-order valence-corrected chi connectivity index (χ1v) is 12.3. The smallest absolute Gasteiger partial charge is 0.268 e. The largest absolute Gasteiger partial charge is 0.350 e. The molecule has 1 fully saturated rings. The maximum absolute atomic E-state index is 13.2. The van der Waals surface area contributed by atoms with E-state index in [4.69, 9.17) is 22.3 Å². The van der Waals surface area contributed by atoms with E-state index in [9.17, 15) is 4.79 Å². The molecule has 3 N–H and O–H groups in total. The van der Waals surface area contributed by atoms with Crippen LogP contribution in [0.1, 0.15) is 60.8 Å². The van der Waals surface area contributed by atoms with Crippen molar-refractivity contribution in [3.05, 3.63) is 70.6 Å². The highest BCUT2D eigenvalue weighted by Gasteiger charge is 2.20. The highest BCUT2D eigenvalue weighted by Crippen LogP contribution is 2.25. The third-order valence-corrected chi connectivity index (χ3v) is 6.56. The molecule has 6 nitrogen and oxygen atoms in total. The van der Waals surface area contributed by atoms with Crippen molar-refractivity contribution in [1.82, 2.24) is 19.6 Å². The molecule has 0 spiro atoms. The van der Waals surface area contributed by atoms with Crippen molar-refractivity contribution in [2.24, 2.45) is 11.7 Å². The van der Waals surface area contributed by atoms with Gasteiger partial charge >= 0.3 is 0 Å². The summed E-state index contributed by atoms with van der Waals surface area (Å²) < 4.78 is 1.90. The molecule has 4 rings (SSSR count). The number of fused-ring (bicyclic) bond motifs is 1. The minimum absolute atomic E-state index is 0.0905. The number of nitrogens with one attached hydrogen (secondary N) is 1. The number of nitrogens with zero attached hydrogens (tertiary/aromatic N) is 3. The lowest BCUT2D eigenvalue weighted by molar-refractivity contribution is 0.0943. The lowest BCUT2D eigenvalue weighted by atomic mass is 9.90. The van der Waals surface area contributed by atoms with Gasteiger partial charge in [-0.25, -0.2) is 4.98 Å². The standard InChI is InChI=1S/C26H34ClN5O/c1-18(2)13-20(19-8-10-21(27)11-9-19)14-29-26(33)24-6-3-7-25-30-23(17-32(24)25)16-31-12-4-5-22(28)15-31/h3,6-11,17-18,20,22H,4-5,12-16,28H2,1-2H3,(H,29,33)/t20?,22-/m1/s1. The molecule has 0 bridgehead atoms. The number of nitrogens with two attached hydrogens (primary N) is 1. The van der Waals surface area contributed by atoms with Gasteiger partial charge in [0.25, 0.3) is 5.91 Å². The van der Waals surface area contributed by atoms with Crippen LogP contribution >= 0.6 is 11.6 Å². The van der Waals surface area contributed by atoms with Crippen molar-refractivity contribution >= 4 is 23.2 Å². The van der Waals surface area contributed by atoms with Crippen molar-refractivity contribution in [2.75, 3.05) is 19.6 Å². The van der Waals surface area contributed by atoms with Gasteiger partial charge in [-0.15, -0.1) is 0 Å². The molecule has 3 aromatic rings. The number of rotatable bonds is 8. The van der Waals surface area contributed by atoms with Crippen LogP contribution in [0.4, 0.5) is 0 Å². The SMILES string of the molecule is CC(C)CC(CNC(=O)c1cccc2nc(CN3CCC[C@@H](N)C3)cn12)c1ccc(Cl)cc1. The lowest BCUT2D eigenvalue weighted by Crippen LogP contribution is -2.42. The molecule has 0 saturated carbocycles. The molecule has 1 aliphatic rings. The minimum Gasteiger partial charge on any atom is -0.350 e. The fourth-order valence-electron chi connectivity index (χ4n) is 4.73. The fourth-order valence-corrected chi connectivity index (χ4v) is 4.86. The van der Waals surface area contributed by atoms with Crippen molar-refractivity contribution < 1.29 is 4.79 Å². The Morgan fingerprint density at radius 3 is 2.76 bits per heavy atom. The number of pyridine rings is 1. The number of imidazole rings is 1. The Kier molecular flexibility index (Phi) is 7.68. The van der Waals surface area contributed by atoms with Gasteiger partial charge in [0.1, 0.15) is 11.3 Å². The Morgan fingerprint density at radius 2 is 2.03 bits per heavy atom. The number of piperidine rings is 1. The Morgan fingerprint density at radius 1 is 1.24 bits per heavy atom. The van der Waals surface area contributed by atoms with Gasteiger partial charge in [-0.3, -0.25) is 14.1 Å². The summed E-state index contributed by atoms with van der Waals surface area (Å²) in [4.78, 5) is 20.3. The molecule has 1 amide bonds. The molecule has 1 aliphatic heterocycles. The normalized spacial score (nSPS) is 18.0. The number of hydrogen-bond donors (Lipinski definition) is 2. The molecular formula is C26H34ClN5O. The van der Waals surface area contributed by atoms with Crippen LogP contribution in [0.5, 0.6) is 0 Å². The quantitative estimate of drug-likeness (QED) is 0.512. The highest BCUT2D eigenvalue weighted by molar-refractivity contribution is 6.30. The van der Waals surface area contributed by atoms with Crippen LogP contribution in [-0.4, -0.2) is 45.9 Å². The van der Waals surface area contributed by atoms with Gasteiger partial charge < -0.3 is 11.1 Å². The Bertz CT molecular complexity index is 1080. The zero-order valence-electron chi connectivity index (χ0n) is 19.5. The van der Waals surface area contributed by atoms with Crippen LogP contribution in [0, 0.1) is 5.92 Å². The number of carbonyl (C=O) groups is 1. The van der Waals surface area contributed by atoms with Crippen LogP contribution < -0.4 is 11.1 Å². The fraction of sp³-hybridized carbons (Fsp3) is 0.462. The zero-order chi connectivity index (χ0) is 23.4. The van der Waals surface area contributed by atoms with E-state index in [0.29, 0.717) is 18.2 Å². The molecule has 0 aliphatic carbocycles. The lowest BCUT2D eigenvalue weighted by Gasteiger charge is -2.29. The molecular weight excluding hydrogens is 434 g/mol. The predicted molar refractivity (Wildman–Crippen MR) is 134 cm³/mol. The first-order valence-electron chi connectivity index (χ1n) is 11.9. The maximum Gasteiger partial charge on any atom is 0.268 e. The molecule has 1 aromatic carbocycles. The van der Waals surface area contributed by atoms with Crippen molar-refractivity contribution in [3.63, 3.8) is 0 Å². The summed E-state index contributed by atoms with van der Waals surface area (Å²) in [5, 5.41) is 3.88. The second kappa shape index (κ2) is 10.7. The third-order valence-electron chi connectivity index (χ3n) is 6.31. The van der Waals surface area contributed by atoms with Gasteiger partial charge in [-0.2, -0.15) is 0 Å². The number of carbonyl (C=O) groups excluding carboxylic acids is 1. The van der Waals surface area contributed by atoms with Crippen LogP contribution in [-0.2, 0) is 6.54 Å². The number of aromatic nitrogens is 2. The van der Waals surface area contributed by atoms with Crippen molar-refractivity contribution in [3.8, 4) is 0 Å². The first-order chi connectivity index (χ1) is 15.9. The second-order valence-corrected chi connectivity index (χ2v) is 10.0. The summed E-state index contributed by atoms with van der Waals surface area (Å²) in [6.45, 7) is 7.66. The van der Waals surface area contributed by atoms with Crippen molar-refractivity contribution in [1.29, 1.82) is 0 Å². The zero-order valence-corrected chi connectivity index (χ0v) is 20.3. The van der Waals surface area contributed by atoms with Gasteiger partial charge in [0.05, 0.1) is 5.69 Å². The average Bonchev–Trinajstić information content (AvgIpc) is 3.19. The van der Waals surface area contributed by atoms with E-state index in [1.165, 1.54) is 5.56 Å². The summed E-state index contributed by atoms with van der Waals surface area (Å²) in [6.07, 6.45) is 5.17. The molecule has 3 heterocycles. The molecule has 1 saturated heterocycles. The van der Waals surface area contributed by atoms with Gasteiger partial charge in [-0.1, -0.05) is 43.6 Å². The summed E-state index contributed by atoms with van der Waals surface area (Å²) in [5.74, 6) is 0.657. The van der Waals surface area contributed by atoms with Crippen LogP contribution in [0.25, 0.3) is 5.65 Å². The first kappa shape index (κ1) is 23.7. The monoisotopic (exact) mass is 467 g/mol. The number of halogens is 1. The van der Waals surface area contributed by atoms with E-state index in [-0.39, 0.29) is 17.9 Å². The van der Waals surface area contributed by atoms with E-state index in [1.807, 2.05) is 40.9 Å². The summed E-state index contributed by atoms with van der Waals surface area (Å²) in [7, 11) is 0. The number of benzene rings is 1. The molecule has 176 valence electrons.